The van der Waals surface area contributed by atoms with Crippen LogP contribution in [0.4, 0.5) is 5.69 Å². The smallest absolute Gasteiger partial charge is 0.407 e. The van der Waals surface area contributed by atoms with Crippen LogP contribution in [0.5, 0.6) is 0 Å². The fourth-order valence-electron chi connectivity index (χ4n) is 1.60. The molecule has 0 aliphatic carbocycles. The zero-order valence-electron chi connectivity index (χ0n) is 9.19. The fraction of sp³-hybridized carbons (Fsp3) is 0.455. The van der Waals surface area contributed by atoms with Gasteiger partial charge in [0.1, 0.15) is 0 Å². The molecule has 4 heteroatoms. The normalized spacial score (nSPS) is 20.3. The summed E-state index contributed by atoms with van der Waals surface area (Å²) in [5, 5.41) is 0. The Labute approximate surface area is 90.7 Å². The van der Waals surface area contributed by atoms with Gasteiger partial charge in [-0.05, 0) is 6.07 Å². The minimum atomic E-state index is -0.306. The molecule has 1 aromatic rings. The van der Waals surface area contributed by atoms with Crippen molar-refractivity contribution < 1.29 is 9.31 Å². The lowest BCUT2D eigenvalue weighted by Crippen LogP contribution is -2.48. The maximum Gasteiger partial charge on any atom is 0.496 e. The van der Waals surface area contributed by atoms with Crippen molar-refractivity contribution in [2.45, 2.75) is 13.8 Å². The maximum atomic E-state index is 5.86. The molecule has 0 bridgehead atoms. The second-order valence-corrected chi connectivity index (χ2v) is 4.75. The molecule has 0 atom stereocenters. The Kier molecular flexibility index (Phi) is 2.71. The zero-order valence-corrected chi connectivity index (χ0v) is 9.19. The number of nitrogens with two attached hydrogens (primary N) is 1. The van der Waals surface area contributed by atoms with Crippen molar-refractivity contribution in [3.05, 3.63) is 24.3 Å². The number of nitrogen functional groups attached to an aromatic ring is 1. The molecule has 1 fully saturated rings. The Morgan fingerprint density at radius 3 is 2.40 bits per heavy atom. The van der Waals surface area contributed by atoms with Gasteiger partial charge in [-0.25, -0.2) is 0 Å². The molecule has 0 aromatic heterocycles. The highest BCUT2D eigenvalue weighted by molar-refractivity contribution is 6.63. The molecule has 0 saturated carbocycles. The van der Waals surface area contributed by atoms with Gasteiger partial charge in [-0.1, -0.05) is 32.0 Å². The van der Waals surface area contributed by atoms with Gasteiger partial charge in [-0.2, -0.15) is 0 Å². The van der Waals surface area contributed by atoms with E-state index in [1.807, 2.05) is 24.3 Å². The van der Waals surface area contributed by atoms with Crippen LogP contribution in [0.2, 0.25) is 0 Å². The lowest BCUT2D eigenvalue weighted by atomic mass is 9.75. The Morgan fingerprint density at radius 2 is 1.80 bits per heavy atom. The fourth-order valence-corrected chi connectivity index (χ4v) is 1.60. The molecule has 1 heterocycles. The predicted molar refractivity (Wildman–Crippen MR) is 61.9 cm³/mol. The molecular formula is C11H16BNO2. The third kappa shape index (κ3) is 2.33. The van der Waals surface area contributed by atoms with E-state index in [0.717, 1.165) is 11.2 Å². The highest BCUT2D eigenvalue weighted by atomic mass is 16.6. The predicted octanol–water partition coefficient (Wildman–Crippen LogP) is 1.04. The van der Waals surface area contributed by atoms with E-state index in [4.69, 9.17) is 15.0 Å². The summed E-state index contributed by atoms with van der Waals surface area (Å²) in [5.41, 5.74) is 7.60. The van der Waals surface area contributed by atoms with Gasteiger partial charge in [0.2, 0.25) is 0 Å². The topological polar surface area (TPSA) is 44.5 Å². The van der Waals surface area contributed by atoms with Gasteiger partial charge in [-0.15, -0.1) is 0 Å². The summed E-state index contributed by atoms with van der Waals surface area (Å²) < 4.78 is 11.3. The third-order valence-corrected chi connectivity index (χ3v) is 2.50. The monoisotopic (exact) mass is 205 g/mol. The molecule has 15 heavy (non-hydrogen) atoms. The second kappa shape index (κ2) is 3.87. The van der Waals surface area contributed by atoms with E-state index in [2.05, 4.69) is 13.8 Å². The SMILES string of the molecule is CC1(C)COB(c2ccccc2N)OC1. The summed E-state index contributed by atoms with van der Waals surface area (Å²) in [5.74, 6) is 0. The lowest BCUT2D eigenvalue weighted by molar-refractivity contribution is 0.0344. The highest BCUT2D eigenvalue weighted by Gasteiger charge is 2.34. The van der Waals surface area contributed by atoms with Crippen LogP contribution < -0.4 is 11.2 Å². The molecule has 2 N–H and O–H groups in total. The van der Waals surface area contributed by atoms with Crippen LogP contribution in [0.25, 0.3) is 0 Å². The van der Waals surface area contributed by atoms with Crippen LogP contribution in [0.1, 0.15) is 13.8 Å². The average molecular weight is 205 g/mol. The molecule has 1 aliphatic rings. The van der Waals surface area contributed by atoms with Crippen molar-refractivity contribution in [3.8, 4) is 0 Å². The molecular weight excluding hydrogens is 189 g/mol. The number of para-hydroxylation sites is 1. The van der Waals surface area contributed by atoms with E-state index in [9.17, 15) is 0 Å². The molecule has 1 aliphatic heterocycles. The number of hydrogen-bond acceptors (Lipinski definition) is 3. The van der Waals surface area contributed by atoms with Crippen LogP contribution in [0.3, 0.4) is 0 Å². The van der Waals surface area contributed by atoms with E-state index in [1.165, 1.54) is 0 Å². The van der Waals surface area contributed by atoms with Crippen molar-refractivity contribution in [2.75, 3.05) is 18.9 Å². The first-order valence-corrected chi connectivity index (χ1v) is 5.16. The number of benzene rings is 1. The third-order valence-electron chi connectivity index (χ3n) is 2.50. The minimum Gasteiger partial charge on any atom is -0.407 e. The zero-order chi connectivity index (χ0) is 10.9. The molecule has 0 unspecified atom stereocenters. The van der Waals surface area contributed by atoms with Crippen molar-refractivity contribution >= 4 is 18.3 Å². The van der Waals surface area contributed by atoms with Gasteiger partial charge in [0.25, 0.3) is 0 Å². The first kappa shape index (κ1) is 10.5. The van der Waals surface area contributed by atoms with E-state index >= 15 is 0 Å². The molecule has 3 nitrogen and oxygen atoms in total. The summed E-state index contributed by atoms with van der Waals surface area (Å²) in [6, 6.07) is 7.66. The Balaban J connectivity index is 2.11. The van der Waals surface area contributed by atoms with Gasteiger partial charge in [0.15, 0.2) is 0 Å². The summed E-state index contributed by atoms with van der Waals surface area (Å²) in [6.45, 7) is 5.65. The van der Waals surface area contributed by atoms with Crippen LogP contribution in [0.15, 0.2) is 24.3 Å². The first-order chi connectivity index (χ1) is 7.08. The highest BCUT2D eigenvalue weighted by Crippen LogP contribution is 2.21. The van der Waals surface area contributed by atoms with Gasteiger partial charge in [-0.3, -0.25) is 0 Å². The van der Waals surface area contributed by atoms with Crippen molar-refractivity contribution in [1.82, 2.24) is 0 Å². The number of anilines is 1. The maximum absolute atomic E-state index is 5.86. The molecule has 1 aromatic carbocycles. The second-order valence-electron chi connectivity index (χ2n) is 4.75. The van der Waals surface area contributed by atoms with E-state index in [1.54, 1.807) is 0 Å². The van der Waals surface area contributed by atoms with Crippen molar-refractivity contribution in [1.29, 1.82) is 0 Å². The van der Waals surface area contributed by atoms with Gasteiger partial charge >= 0.3 is 7.12 Å². The standard InChI is InChI=1S/C11H16BNO2/c1-11(2)7-14-12(15-8-11)9-5-3-4-6-10(9)13/h3-6H,7-8,13H2,1-2H3. The summed E-state index contributed by atoms with van der Waals surface area (Å²) in [7, 11) is -0.306. The van der Waals surface area contributed by atoms with Gasteiger partial charge < -0.3 is 15.0 Å². The molecule has 1 saturated heterocycles. The quantitative estimate of drug-likeness (QED) is 0.550. The van der Waals surface area contributed by atoms with Crippen LogP contribution >= 0.6 is 0 Å². The van der Waals surface area contributed by atoms with Crippen molar-refractivity contribution in [3.63, 3.8) is 0 Å². The van der Waals surface area contributed by atoms with Crippen LogP contribution in [-0.4, -0.2) is 20.3 Å². The summed E-state index contributed by atoms with van der Waals surface area (Å²) in [6.07, 6.45) is 0. The molecule has 0 amide bonds. The Morgan fingerprint density at radius 1 is 1.20 bits per heavy atom. The van der Waals surface area contributed by atoms with Gasteiger partial charge in [0, 0.05) is 29.8 Å². The molecule has 2 rings (SSSR count). The number of rotatable bonds is 1. The van der Waals surface area contributed by atoms with Crippen molar-refractivity contribution in [2.24, 2.45) is 5.41 Å². The Bertz CT molecular complexity index is 344. The van der Waals surface area contributed by atoms with Crippen LogP contribution in [0, 0.1) is 5.41 Å². The largest absolute Gasteiger partial charge is 0.496 e. The molecule has 0 radical (unpaired) electrons. The lowest BCUT2D eigenvalue weighted by Gasteiger charge is -2.33. The average Bonchev–Trinajstić information content (AvgIpc) is 2.19. The summed E-state index contributed by atoms with van der Waals surface area (Å²) in [4.78, 5) is 0. The van der Waals surface area contributed by atoms with E-state index in [-0.39, 0.29) is 12.5 Å². The van der Waals surface area contributed by atoms with Crippen LogP contribution in [-0.2, 0) is 9.31 Å². The van der Waals surface area contributed by atoms with E-state index in [0.29, 0.717) is 13.2 Å². The minimum absolute atomic E-state index is 0.0973. The molecule has 0 spiro atoms. The van der Waals surface area contributed by atoms with E-state index < -0.39 is 0 Å². The number of hydrogen-bond donors (Lipinski definition) is 1. The Hall–Kier alpha value is -0.995. The summed E-state index contributed by atoms with van der Waals surface area (Å²) >= 11 is 0. The van der Waals surface area contributed by atoms with Gasteiger partial charge in [0.05, 0.1) is 0 Å². The molecule has 80 valence electrons. The first-order valence-electron chi connectivity index (χ1n) is 5.16.